The molecule has 3 rings (SSSR count). The average Bonchev–Trinajstić information content (AvgIpc) is 2.98. The Hall–Kier alpha value is -2.14. The number of rotatable bonds is 4. The monoisotopic (exact) mass is 359 g/mol. The minimum atomic E-state index is -4.65. The summed E-state index contributed by atoms with van der Waals surface area (Å²) in [5.41, 5.74) is 0.423. The number of non-ortho nitro benzene ring substituents is 1. The zero-order chi connectivity index (χ0) is 16.8. The van der Waals surface area contributed by atoms with Crippen LogP contribution >= 0.6 is 11.3 Å². The Balaban J connectivity index is 1.88. The fraction of sp³-hybridized carbons (Fsp3) is 0.333. The molecule has 1 unspecified atom stereocenters. The van der Waals surface area contributed by atoms with Gasteiger partial charge in [0.25, 0.3) is 5.69 Å². The number of nitrogens with zero attached hydrogens (tertiary/aromatic N) is 3. The standard InChI is InChI=1S/C12H10FN3O5S2/c13-23(20,21)6-7-3-11(17)15(5-7)12-14-9-2-1-8(16(18)19)4-10(9)22-12/h1-2,4,7H,3,5-6H2. The number of amides is 1. The number of nitro groups is 1. The highest BCUT2D eigenvalue weighted by atomic mass is 32.3. The molecule has 0 aliphatic carbocycles. The van der Waals surface area contributed by atoms with Gasteiger partial charge in [0.2, 0.25) is 5.91 Å². The fourth-order valence-corrected chi connectivity index (χ4v) is 4.30. The van der Waals surface area contributed by atoms with E-state index in [1.54, 1.807) is 0 Å². The molecule has 0 spiro atoms. The van der Waals surface area contributed by atoms with Gasteiger partial charge in [-0.05, 0) is 6.07 Å². The lowest BCUT2D eigenvalue weighted by Gasteiger charge is -2.11. The average molecular weight is 359 g/mol. The Labute approximate surface area is 133 Å². The smallest absolute Gasteiger partial charge is 0.288 e. The van der Waals surface area contributed by atoms with Crippen LogP contribution in [0.15, 0.2) is 18.2 Å². The first kappa shape index (κ1) is 15.7. The number of anilines is 1. The molecule has 1 aliphatic rings. The van der Waals surface area contributed by atoms with Crippen LogP contribution in [-0.4, -0.2) is 36.5 Å². The summed E-state index contributed by atoms with van der Waals surface area (Å²) in [6, 6.07) is 4.16. The molecule has 8 nitrogen and oxygen atoms in total. The van der Waals surface area contributed by atoms with Gasteiger partial charge in [-0.2, -0.15) is 8.42 Å². The topological polar surface area (TPSA) is 110 Å². The van der Waals surface area contributed by atoms with Crippen LogP contribution in [0.1, 0.15) is 6.42 Å². The predicted octanol–water partition coefficient (Wildman–Crippen LogP) is 1.86. The molecule has 11 heteroatoms. The van der Waals surface area contributed by atoms with E-state index in [-0.39, 0.29) is 24.6 Å². The van der Waals surface area contributed by atoms with E-state index in [2.05, 4.69) is 4.98 Å². The zero-order valence-corrected chi connectivity index (χ0v) is 13.1. The van der Waals surface area contributed by atoms with Gasteiger partial charge in [-0.15, -0.1) is 3.89 Å². The second-order valence-electron chi connectivity index (χ2n) is 5.19. The van der Waals surface area contributed by atoms with Gasteiger partial charge in [-0.25, -0.2) is 4.98 Å². The summed E-state index contributed by atoms with van der Waals surface area (Å²) in [6.07, 6.45) is -0.0702. The minimum Gasteiger partial charge on any atom is -0.288 e. The largest absolute Gasteiger partial charge is 0.302 e. The molecule has 0 radical (unpaired) electrons. The van der Waals surface area contributed by atoms with E-state index in [0.717, 1.165) is 11.3 Å². The normalized spacial score (nSPS) is 18.7. The Morgan fingerprint density at radius 2 is 2.22 bits per heavy atom. The number of nitro benzene ring substituents is 1. The lowest BCUT2D eigenvalue weighted by molar-refractivity contribution is -0.384. The van der Waals surface area contributed by atoms with Crippen molar-refractivity contribution in [2.75, 3.05) is 17.2 Å². The first-order valence-corrected chi connectivity index (χ1v) is 8.87. The van der Waals surface area contributed by atoms with Crippen LogP contribution in [0.2, 0.25) is 0 Å². The van der Waals surface area contributed by atoms with Gasteiger partial charge in [0.05, 0.1) is 20.9 Å². The molecule has 0 bridgehead atoms. The molecule has 122 valence electrons. The maximum atomic E-state index is 12.8. The molecule has 1 amide bonds. The van der Waals surface area contributed by atoms with Crippen LogP contribution in [-0.2, 0) is 15.0 Å². The number of carbonyl (C=O) groups excluding carboxylic acids is 1. The maximum absolute atomic E-state index is 12.8. The van der Waals surface area contributed by atoms with Crippen LogP contribution in [0.5, 0.6) is 0 Å². The molecule has 1 aromatic heterocycles. The first-order chi connectivity index (χ1) is 10.7. The molecule has 23 heavy (non-hydrogen) atoms. The van der Waals surface area contributed by atoms with E-state index < -0.39 is 26.8 Å². The maximum Gasteiger partial charge on any atom is 0.302 e. The van der Waals surface area contributed by atoms with Crippen molar-refractivity contribution >= 4 is 48.5 Å². The highest BCUT2D eigenvalue weighted by Crippen LogP contribution is 2.34. The lowest BCUT2D eigenvalue weighted by Crippen LogP contribution is -2.25. The second-order valence-corrected chi connectivity index (χ2v) is 7.61. The molecule has 0 N–H and O–H groups in total. The second kappa shape index (κ2) is 5.49. The minimum absolute atomic E-state index is 0.0594. The predicted molar refractivity (Wildman–Crippen MR) is 81.6 cm³/mol. The molecule has 2 aromatic rings. The van der Waals surface area contributed by atoms with Gasteiger partial charge in [0.1, 0.15) is 0 Å². The molecule has 0 saturated carbocycles. The highest BCUT2D eigenvalue weighted by molar-refractivity contribution is 7.86. The van der Waals surface area contributed by atoms with Gasteiger partial charge >= 0.3 is 10.2 Å². The van der Waals surface area contributed by atoms with Crippen LogP contribution in [0.25, 0.3) is 10.2 Å². The molecular formula is C12H10FN3O5S2. The summed E-state index contributed by atoms with van der Waals surface area (Å²) in [4.78, 5) is 27.8. The summed E-state index contributed by atoms with van der Waals surface area (Å²) in [5, 5.41) is 11.1. The van der Waals surface area contributed by atoms with Gasteiger partial charge in [0, 0.05) is 31.0 Å². The molecule has 1 saturated heterocycles. The number of halogens is 1. The first-order valence-electron chi connectivity index (χ1n) is 6.50. The van der Waals surface area contributed by atoms with Gasteiger partial charge in [0.15, 0.2) is 5.13 Å². The number of benzene rings is 1. The van der Waals surface area contributed by atoms with Crippen LogP contribution in [0.3, 0.4) is 0 Å². The third-order valence-corrected chi connectivity index (χ3v) is 5.35. The Morgan fingerprint density at radius 3 is 2.87 bits per heavy atom. The van der Waals surface area contributed by atoms with Crippen LogP contribution < -0.4 is 4.90 Å². The van der Waals surface area contributed by atoms with Gasteiger partial charge in [-0.1, -0.05) is 11.3 Å². The van der Waals surface area contributed by atoms with E-state index >= 15 is 0 Å². The van der Waals surface area contributed by atoms with Crippen molar-refractivity contribution in [1.82, 2.24) is 4.98 Å². The van der Waals surface area contributed by atoms with E-state index in [0.29, 0.717) is 15.3 Å². The summed E-state index contributed by atoms with van der Waals surface area (Å²) in [7, 11) is -4.65. The fourth-order valence-electron chi connectivity index (χ4n) is 2.49. The molecule has 1 atom stereocenters. The van der Waals surface area contributed by atoms with Crippen LogP contribution in [0.4, 0.5) is 14.7 Å². The number of thiazole rings is 1. The molecule has 1 aromatic carbocycles. The van der Waals surface area contributed by atoms with E-state index in [9.17, 15) is 27.2 Å². The SMILES string of the molecule is O=C1CC(CS(=O)(=O)F)CN1c1nc2ccc([N+](=O)[O-])cc2s1. The molecule has 1 aliphatic heterocycles. The molecular weight excluding hydrogens is 349 g/mol. The summed E-state index contributed by atoms with van der Waals surface area (Å²) in [6.45, 7) is 0.0594. The third-order valence-electron chi connectivity index (χ3n) is 3.44. The Kier molecular flexibility index (Phi) is 3.76. The summed E-state index contributed by atoms with van der Waals surface area (Å²) < 4.78 is 34.7. The lowest BCUT2D eigenvalue weighted by atomic mass is 10.1. The van der Waals surface area contributed by atoms with Crippen LogP contribution in [0, 0.1) is 16.0 Å². The van der Waals surface area contributed by atoms with Gasteiger partial charge in [-0.3, -0.25) is 19.8 Å². The van der Waals surface area contributed by atoms with Crippen molar-refractivity contribution in [1.29, 1.82) is 0 Å². The zero-order valence-electron chi connectivity index (χ0n) is 11.5. The van der Waals surface area contributed by atoms with E-state index in [4.69, 9.17) is 0 Å². The Morgan fingerprint density at radius 1 is 1.48 bits per heavy atom. The number of carbonyl (C=O) groups is 1. The van der Waals surface area contributed by atoms with E-state index in [1.165, 1.54) is 23.1 Å². The third kappa shape index (κ3) is 3.29. The number of hydrogen-bond donors (Lipinski definition) is 0. The van der Waals surface area contributed by atoms with Crippen molar-refractivity contribution in [2.45, 2.75) is 6.42 Å². The van der Waals surface area contributed by atoms with Crippen molar-refractivity contribution < 1.29 is 22.0 Å². The van der Waals surface area contributed by atoms with Crippen molar-refractivity contribution in [3.05, 3.63) is 28.3 Å². The summed E-state index contributed by atoms with van der Waals surface area (Å²) in [5.74, 6) is -1.67. The quantitative estimate of drug-likeness (QED) is 0.468. The number of fused-ring (bicyclic) bond motifs is 1. The number of aromatic nitrogens is 1. The molecule has 2 heterocycles. The number of hydrogen-bond acceptors (Lipinski definition) is 7. The highest BCUT2D eigenvalue weighted by Gasteiger charge is 2.35. The summed E-state index contributed by atoms with van der Waals surface area (Å²) >= 11 is 1.10. The van der Waals surface area contributed by atoms with Crippen molar-refractivity contribution in [3.8, 4) is 0 Å². The van der Waals surface area contributed by atoms with Crippen molar-refractivity contribution in [3.63, 3.8) is 0 Å². The van der Waals surface area contributed by atoms with E-state index in [1.807, 2.05) is 0 Å². The Bertz CT molecular complexity index is 911. The van der Waals surface area contributed by atoms with Gasteiger partial charge < -0.3 is 0 Å². The molecule has 1 fully saturated rings. The van der Waals surface area contributed by atoms with Crippen molar-refractivity contribution in [2.24, 2.45) is 5.92 Å².